The Morgan fingerprint density at radius 1 is 1.30 bits per heavy atom. The zero-order chi connectivity index (χ0) is 21.7. The van der Waals surface area contributed by atoms with Crippen molar-refractivity contribution in [2.75, 3.05) is 10.6 Å². The topological polar surface area (TPSA) is 150 Å². The molecule has 3 aromatic rings. The number of amides is 1. The molecule has 3 rings (SSSR count). The van der Waals surface area contributed by atoms with E-state index >= 15 is 0 Å². The Morgan fingerprint density at radius 3 is 2.73 bits per heavy atom. The van der Waals surface area contributed by atoms with Crippen molar-refractivity contribution >= 4 is 23.2 Å². The summed E-state index contributed by atoms with van der Waals surface area (Å²) in [5.74, 6) is -0.892. The van der Waals surface area contributed by atoms with Gasteiger partial charge in [-0.2, -0.15) is 0 Å². The van der Waals surface area contributed by atoms with E-state index in [9.17, 15) is 9.18 Å². The summed E-state index contributed by atoms with van der Waals surface area (Å²) in [5, 5.41) is 13.7. The molecule has 0 saturated carbocycles. The van der Waals surface area contributed by atoms with E-state index in [0.29, 0.717) is 11.5 Å². The van der Waals surface area contributed by atoms with Gasteiger partial charge in [0.25, 0.3) is 5.91 Å². The molecule has 3 aromatic heterocycles. The van der Waals surface area contributed by atoms with Crippen LogP contribution in [-0.4, -0.2) is 43.0 Å². The number of anilines is 3. The highest BCUT2D eigenvalue weighted by Gasteiger charge is 2.20. The Kier molecular flexibility index (Phi) is 6.52. The molecule has 0 bridgehead atoms. The monoisotopic (exact) mass is 413 g/mol. The maximum Gasteiger partial charge on any atom is 0.252 e. The van der Waals surface area contributed by atoms with Crippen LogP contribution in [0.3, 0.4) is 0 Å². The average molecular weight is 413 g/mol. The third kappa shape index (κ3) is 4.87. The van der Waals surface area contributed by atoms with Crippen molar-refractivity contribution in [3.05, 3.63) is 48.2 Å². The van der Waals surface area contributed by atoms with E-state index in [1.54, 1.807) is 24.5 Å². The van der Waals surface area contributed by atoms with Crippen molar-refractivity contribution in [3.8, 4) is 5.82 Å². The lowest BCUT2D eigenvalue weighted by molar-refractivity contribution is 0.100. The first-order valence-corrected chi connectivity index (χ1v) is 9.51. The molecule has 11 heteroatoms. The zero-order valence-corrected chi connectivity index (χ0v) is 16.7. The Hall–Kier alpha value is -3.60. The highest BCUT2D eigenvalue weighted by molar-refractivity contribution is 5.98. The molecule has 1 amide bonds. The Bertz CT molecular complexity index is 1010. The minimum atomic E-state index is -0.807. The van der Waals surface area contributed by atoms with Crippen LogP contribution < -0.4 is 22.1 Å². The number of nitrogens with one attached hydrogen (secondary N) is 2. The zero-order valence-electron chi connectivity index (χ0n) is 16.7. The fourth-order valence-corrected chi connectivity index (χ4v) is 2.91. The molecule has 2 atom stereocenters. The van der Waals surface area contributed by atoms with Crippen LogP contribution in [0.4, 0.5) is 21.7 Å². The van der Waals surface area contributed by atoms with Crippen LogP contribution in [0.1, 0.15) is 37.0 Å². The highest BCUT2D eigenvalue weighted by atomic mass is 19.1. The van der Waals surface area contributed by atoms with Crippen molar-refractivity contribution in [2.45, 2.75) is 38.8 Å². The number of hydrogen-bond acceptors (Lipinski definition) is 8. The maximum atomic E-state index is 14.6. The molecular weight excluding hydrogens is 389 g/mol. The second-order valence-electron chi connectivity index (χ2n) is 6.85. The third-order valence-corrected chi connectivity index (χ3v) is 4.46. The molecule has 0 fully saturated rings. The van der Waals surface area contributed by atoms with Gasteiger partial charge < -0.3 is 22.1 Å². The molecule has 0 aliphatic rings. The van der Waals surface area contributed by atoms with Crippen molar-refractivity contribution in [3.63, 3.8) is 0 Å². The van der Waals surface area contributed by atoms with Crippen molar-refractivity contribution in [1.29, 1.82) is 0 Å². The second-order valence-corrected chi connectivity index (χ2v) is 6.85. The average Bonchev–Trinajstić information content (AvgIpc) is 3.24. The maximum absolute atomic E-state index is 14.6. The normalized spacial score (nSPS) is 12.9. The number of hydrogen-bond donors (Lipinski definition) is 4. The highest BCUT2D eigenvalue weighted by Crippen LogP contribution is 2.25. The van der Waals surface area contributed by atoms with Gasteiger partial charge in [0, 0.05) is 30.0 Å². The molecule has 30 heavy (non-hydrogen) atoms. The fourth-order valence-electron chi connectivity index (χ4n) is 2.91. The summed E-state index contributed by atoms with van der Waals surface area (Å²) >= 11 is 0. The summed E-state index contributed by atoms with van der Waals surface area (Å²) in [5.41, 5.74) is 11.9. The molecule has 0 aromatic carbocycles. The van der Waals surface area contributed by atoms with Gasteiger partial charge >= 0.3 is 0 Å². The summed E-state index contributed by atoms with van der Waals surface area (Å²) in [6, 6.07) is 4.02. The van der Waals surface area contributed by atoms with E-state index in [1.165, 1.54) is 10.9 Å². The summed E-state index contributed by atoms with van der Waals surface area (Å²) < 4.78 is 16.1. The number of carbonyl (C=O) groups excluding carboxylic acids is 1. The molecule has 0 aliphatic carbocycles. The van der Waals surface area contributed by atoms with Gasteiger partial charge in [-0.25, -0.2) is 19.0 Å². The predicted molar refractivity (Wildman–Crippen MR) is 111 cm³/mol. The van der Waals surface area contributed by atoms with Crippen LogP contribution in [0.15, 0.2) is 36.8 Å². The molecule has 0 radical (unpaired) electrons. The molecule has 0 saturated heterocycles. The smallest absolute Gasteiger partial charge is 0.252 e. The Balaban J connectivity index is 1.95. The molecule has 0 aliphatic heterocycles. The quantitative estimate of drug-likeness (QED) is 0.416. The first kappa shape index (κ1) is 21.1. The van der Waals surface area contributed by atoms with E-state index in [-0.39, 0.29) is 29.3 Å². The van der Waals surface area contributed by atoms with Crippen LogP contribution in [0.2, 0.25) is 0 Å². The van der Waals surface area contributed by atoms with Crippen LogP contribution in [0, 0.1) is 5.82 Å². The van der Waals surface area contributed by atoms with E-state index in [2.05, 4.69) is 30.9 Å². The lowest BCUT2D eigenvalue weighted by Gasteiger charge is -2.23. The van der Waals surface area contributed by atoms with Gasteiger partial charge in [-0.1, -0.05) is 18.6 Å². The number of rotatable bonds is 9. The van der Waals surface area contributed by atoms with Crippen molar-refractivity contribution in [1.82, 2.24) is 25.0 Å². The van der Waals surface area contributed by atoms with Gasteiger partial charge in [0.05, 0.1) is 18.0 Å². The number of halogens is 1. The number of pyridine rings is 2. The molecule has 0 unspecified atom stereocenters. The van der Waals surface area contributed by atoms with Gasteiger partial charge in [-0.15, -0.1) is 5.10 Å². The van der Waals surface area contributed by atoms with E-state index in [0.717, 1.165) is 18.9 Å². The molecule has 10 nitrogen and oxygen atoms in total. The molecule has 3 heterocycles. The van der Waals surface area contributed by atoms with Crippen LogP contribution >= 0.6 is 0 Å². The number of carbonyl (C=O) groups is 1. The van der Waals surface area contributed by atoms with E-state index < -0.39 is 11.7 Å². The Labute approximate surface area is 172 Å². The van der Waals surface area contributed by atoms with Crippen LogP contribution in [0.5, 0.6) is 0 Å². The predicted octanol–water partition coefficient (Wildman–Crippen LogP) is 1.97. The number of aromatic nitrogens is 5. The largest absolute Gasteiger partial charge is 0.365 e. The standard InChI is InChI=1S/C19H24FN9O/c1-3-4-15(11(2)21)26-19-14(20)10-13(17(22)30)18(27-19)25-12-5-6-23-16(9-12)29-8-7-24-28-29/h5-11,15H,3-4,21H2,1-2H3,(H2,22,30)(H2,23,25,26,27)/t11-,15+/m0/s1. The van der Waals surface area contributed by atoms with Gasteiger partial charge in [-0.3, -0.25) is 4.79 Å². The summed E-state index contributed by atoms with van der Waals surface area (Å²) in [7, 11) is 0. The van der Waals surface area contributed by atoms with Gasteiger partial charge in [-0.05, 0) is 25.5 Å². The SMILES string of the molecule is CCC[C@@H](Nc1nc(Nc2ccnc(-n3ccnn3)c2)c(C(N)=O)cc1F)[C@H](C)N. The molecule has 0 spiro atoms. The Morgan fingerprint density at radius 2 is 2.10 bits per heavy atom. The first-order valence-electron chi connectivity index (χ1n) is 9.51. The molecular formula is C19H24FN9O. The van der Waals surface area contributed by atoms with Gasteiger partial charge in [0.1, 0.15) is 5.82 Å². The van der Waals surface area contributed by atoms with E-state index in [4.69, 9.17) is 11.5 Å². The summed E-state index contributed by atoms with van der Waals surface area (Å²) in [4.78, 5) is 20.4. The molecule has 158 valence electrons. The van der Waals surface area contributed by atoms with Crippen molar-refractivity contribution in [2.24, 2.45) is 11.5 Å². The third-order valence-electron chi connectivity index (χ3n) is 4.46. The van der Waals surface area contributed by atoms with Crippen molar-refractivity contribution < 1.29 is 9.18 Å². The van der Waals surface area contributed by atoms with Gasteiger partial charge in [0.15, 0.2) is 17.5 Å². The molecule has 6 N–H and O–H groups in total. The summed E-state index contributed by atoms with van der Waals surface area (Å²) in [6.45, 7) is 3.85. The van der Waals surface area contributed by atoms with Crippen LogP contribution in [0.25, 0.3) is 5.82 Å². The van der Waals surface area contributed by atoms with E-state index in [1.807, 2.05) is 13.8 Å². The lowest BCUT2D eigenvalue weighted by Crippen LogP contribution is -2.38. The summed E-state index contributed by atoms with van der Waals surface area (Å²) in [6.07, 6.45) is 6.33. The fraction of sp³-hybridized carbons (Fsp3) is 0.316. The first-order chi connectivity index (χ1) is 14.4. The van der Waals surface area contributed by atoms with Gasteiger partial charge in [0.2, 0.25) is 0 Å². The second kappa shape index (κ2) is 9.27. The van der Waals surface area contributed by atoms with Crippen LogP contribution in [-0.2, 0) is 0 Å². The lowest BCUT2D eigenvalue weighted by atomic mass is 10.1. The number of nitrogens with zero attached hydrogens (tertiary/aromatic N) is 5. The number of primary amides is 1. The minimum absolute atomic E-state index is 0.0104. The number of nitrogens with two attached hydrogens (primary N) is 2. The minimum Gasteiger partial charge on any atom is -0.365 e.